The maximum absolute atomic E-state index is 12.1. The summed E-state index contributed by atoms with van der Waals surface area (Å²) in [5.74, 6) is 0.508. The van der Waals surface area contributed by atoms with Crippen molar-refractivity contribution in [1.82, 2.24) is 15.6 Å². The van der Waals surface area contributed by atoms with Crippen LogP contribution >= 0.6 is 0 Å². The fourth-order valence-corrected chi connectivity index (χ4v) is 2.15. The molecule has 2 N–H and O–H groups in total. The van der Waals surface area contributed by atoms with Crippen molar-refractivity contribution in [2.75, 3.05) is 13.1 Å². The molecule has 2 atom stereocenters. The fraction of sp³-hybridized carbons (Fsp3) is 0.538. The number of nitrogens with one attached hydrogen (secondary N) is 2. The lowest BCUT2D eigenvalue weighted by molar-refractivity contribution is 0.0914. The van der Waals surface area contributed by atoms with Gasteiger partial charge in [-0.2, -0.15) is 0 Å². The van der Waals surface area contributed by atoms with Gasteiger partial charge in [0, 0.05) is 24.5 Å². The Kier molecular flexibility index (Phi) is 3.74. The van der Waals surface area contributed by atoms with Crippen molar-refractivity contribution >= 4 is 5.91 Å². The van der Waals surface area contributed by atoms with Crippen molar-refractivity contribution in [1.29, 1.82) is 0 Å². The number of hydrogen-bond donors (Lipinski definition) is 2. The minimum absolute atomic E-state index is 0.0175. The molecule has 4 heteroatoms. The molecule has 0 bridgehead atoms. The number of aromatic nitrogens is 1. The number of nitrogens with zero attached hydrogens (tertiary/aromatic N) is 1. The Labute approximate surface area is 102 Å². The highest BCUT2D eigenvalue weighted by molar-refractivity contribution is 5.95. The molecule has 0 saturated carbocycles. The molecular weight excluding hydrogens is 214 g/mol. The molecule has 17 heavy (non-hydrogen) atoms. The van der Waals surface area contributed by atoms with Crippen molar-refractivity contribution in [3.8, 4) is 0 Å². The minimum atomic E-state index is -0.0175. The second-order valence-corrected chi connectivity index (χ2v) is 4.69. The Morgan fingerprint density at radius 2 is 2.41 bits per heavy atom. The third-order valence-corrected chi connectivity index (χ3v) is 3.40. The van der Waals surface area contributed by atoms with Crippen molar-refractivity contribution in [3.63, 3.8) is 0 Å². The Hall–Kier alpha value is -1.42. The van der Waals surface area contributed by atoms with E-state index in [0.29, 0.717) is 11.5 Å². The quantitative estimate of drug-likeness (QED) is 0.805. The smallest absolute Gasteiger partial charge is 0.253 e. The van der Waals surface area contributed by atoms with Crippen LogP contribution in [0, 0.1) is 12.8 Å². The summed E-state index contributed by atoms with van der Waals surface area (Å²) in [5, 5.41) is 6.39. The zero-order valence-corrected chi connectivity index (χ0v) is 10.4. The van der Waals surface area contributed by atoms with E-state index in [9.17, 15) is 4.79 Å². The maximum Gasteiger partial charge on any atom is 0.253 e. The van der Waals surface area contributed by atoms with Crippen LogP contribution in [0.5, 0.6) is 0 Å². The second kappa shape index (κ2) is 5.27. The topological polar surface area (TPSA) is 54.0 Å². The molecule has 92 valence electrons. The highest BCUT2D eigenvalue weighted by atomic mass is 16.1. The van der Waals surface area contributed by atoms with Crippen LogP contribution < -0.4 is 10.6 Å². The molecule has 1 aromatic rings. The molecule has 2 unspecified atom stereocenters. The van der Waals surface area contributed by atoms with Crippen LogP contribution in [0.1, 0.15) is 29.4 Å². The van der Waals surface area contributed by atoms with Gasteiger partial charge >= 0.3 is 0 Å². The molecule has 1 amide bonds. The van der Waals surface area contributed by atoms with E-state index in [4.69, 9.17) is 0 Å². The number of rotatable bonds is 2. The van der Waals surface area contributed by atoms with E-state index in [1.165, 1.54) is 0 Å². The minimum Gasteiger partial charge on any atom is -0.348 e. The van der Waals surface area contributed by atoms with Gasteiger partial charge in [-0.1, -0.05) is 6.92 Å². The highest BCUT2D eigenvalue weighted by Crippen LogP contribution is 2.12. The van der Waals surface area contributed by atoms with Crippen molar-refractivity contribution in [2.24, 2.45) is 5.92 Å². The van der Waals surface area contributed by atoms with Crippen LogP contribution in [0.4, 0.5) is 0 Å². The van der Waals surface area contributed by atoms with Crippen LogP contribution in [-0.4, -0.2) is 30.0 Å². The zero-order chi connectivity index (χ0) is 12.3. The van der Waals surface area contributed by atoms with Crippen molar-refractivity contribution < 1.29 is 4.79 Å². The standard InChI is InChI=1S/C13H19N3O/c1-9-5-7-14-8-12(9)16-13(17)11-4-3-6-15-10(11)2/h3-4,6,9,12,14H,5,7-8H2,1-2H3,(H,16,17). The summed E-state index contributed by atoms with van der Waals surface area (Å²) in [5.41, 5.74) is 1.45. The van der Waals surface area contributed by atoms with Crippen LogP contribution in [-0.2, 0) is 0 Å². The Bertz CT molecular complexity index is 405. The number of pyridine rings is 1. The number of piperidine rings is 1. The van der Waals surface area contributed by atoms with Gasteiger partial charge in [0.25, 0.3) is 5.91 Å². The first-order valence-corrected chi connectivity index (χ1v) is 6.11. The average Bonchev–Trinajstić information content (AvgIpc) is 2.32. The summed E-state index contributed by atoms with van der Waals surface area (Å²) >= 11 is 0. The lowest BCUT2D eigenvalue weighted by atomic mass is 9.94. The maximum atomic E-state index is 12.1. The molecule has 1 aliphatic rings. The lowest BCUT2D eigenvalue weighted by Gasteiger charge is -2.30. The van der Waals surface area contributed by atoms with E-state index in [-0.39, 0.29) is 11.9 Å². The third-order valence-electron chi connectivity index (χ3n) is 3.40. The van der Waals surface area contributed by atoms with E-state index in [1.54, 1.807) is 12.3 Å². The van der Waals surface area contributed by atoms with E-state index >= 15 is 0 Å². The van der Waals surface area contributed by atoms with E-state index in [1.807, 2.05) is 13.0 Å². The van der Waals surface area contributed by atoms with Gasteiger partial charge in [0.1, 0.15) is 0 Å². The summed E-state index contributed by atoms with van der Waals surface area (Å²) in [6.45, 7) is 5.94. The van der Waals surface area contributed by atoms with Crippen LogP contribution in [0.15, 0.2) is 18.3 Å². The molecule has 0 aromatic carbocycles. The molecule has 0 spiro atoms. The van der Waals surface area contributed by atoms with E-state index in [0.717, 1.165) is 25.2 Å². The monoisotopic (exact) mass is 233 g/mol. The largest absolute Gasteiger partial charge is 0.348 e. The summed E-state index contributed by atoms with van der Waals surface area (Å²) in [6, 6.07) is 3.83. The summed E-state index contributed by atoms with van der Waals surface area (Å²) in [6.07, 6.45) is 2.81. The average molecular weight is 233 g/mol. The van der Waals surface area contributed by atoms with Gasteiger partial charge in [0.2, 0.25) is 0 Å². The van der Waals surface area contributed by atoms with Gasteiger partial charge in [0.15, 0.2) is 0 Å². The first kappa shape index (κ1) is 12.0. The number of aryl methyl sites for hydroxylation is 1. The van der Waals surface area contributed by atoms with Crippen LogP contribution in [0.25, 0.3) is 0 Å². The predicted molar refractivity (Wildman–Crippen MR) is 66.9 cm³/mol. The molecular formula is C13H19N3O. The van der Waals surface area contributed by atoms with Gasteiger partial charge in [-0.25, -0.2) is 0 Å². The van der Waals surface area contributed by atoms with E-state index in [2.05, 4.69) is 22.5 Å². The van der Waals surface area contributed by atoms with Gasteiger partial charge in [-0.3, -0.25) is 9.78 Å². The molecule has 4 nitrogen and oxygen atoms in total. The predicted octanol–water partition coefficient (Wildman–Crippen LogP) is 1.12. The Balaban J connectivity index is 2.04. The fourth-order valence-electron chi connectivity index (χ4n) is 2.15. The third kappa shape index (κ3) is 2.82. The number of carbonyl (C=O) groups excluding carboxylic acids is 1. The molecule has 1 fully saturated rings. The zero-order valence-electron chi connectivity index (χ0n) is 10.4. The summed E-state index contributed by atoms with van der Waals surface area (Å²) in [4.78, 5) is 16.2. The summed E-state index contributed by atoms with van der Waals surface area (Å²) in [7, 11) is 0. The normalized spacial score (nSPS) is 24.4. The Morgan fingerprint density at radius 3 is 3.12 bits per heavy atom. The van der Waals surface area contributed by atoms with Gasteiger partial charge < -0.3 is 10.6 Å². The summed E-state index contributed by atoms with van der Waals surface area (Å²) < 4.78 is 0. The lowest BCUT2D eigenvalue weighted by Crippen LogP contribution is -2.50. The number of carbonyl (C=O) groups is 1. The molecule has 1 aliphatic heterocycles. The second-order valence-electron chi connectivity index (χ2n) is 4.69. The van der Waals surface area contributed by atoms with Crippen molar-refractivity contribution in [3.05, 3.63) is 29.6 Å². The molecule has 2 rings (SSSR count). The van der Waals surface area contributed by atoms with E-state index < -0.39 is 0 Å². The molecule has 0 aliphatic carbocycles. The van der Waals surface area contributed by atoms with Crippen LogP contribution in [0.2, 0.25) is 0 Å². The molecule has 0 radical (unpaired) electrons. The molecule has 2 heterocycles. The van der Waals surface area contributed by atoms with Gasteiger partial charge in [-0.15, -0.1) is 0 Å². The first-order chi connectivity index (χ1) is 8.18. The first-order valence-electron chi connectivity index (χ1n) is 6.11. The SMILES string of the molecule is Cc1ncccc1C(=O)NC1CNCCC1C. The number of amides is 1. The van der Waals surface area contributed by atoms with Crippen molar-refractivity contribution in [2.45, 2.75) is 26.3 Å². The van der Waals surface area contributed by atoms with Gasteiger partial charge in [-0.05, 0) is 37.9 Å². The van der Waals surface area contributed by atoms with Crippen LogP contribution in [0.3, 0.4) is 0 Å². The Morgan fingerprint density at radius 1 is 1.59 bits per heavy atom. The highest BCUT2D eigenvalue weighted by Gasteiger charge is 2.23. The molecule has 1 aromatic heterocycles. The number of hydrogen-bond acceptors (Lipinski definition) is 3. The van der Waals surface area contributed by atoms with Gasteiger partial charge in [0.05, 0.1) is 5.56 Å². The molecule has 1 saturated heterocycles.